The maximum atomic E-state index is 12.8. The van der Waals surface area contributed by atoms with E-state index in [1.54, 1.807) is 0 Å². The molecule has 0 fully saturated rings. The number of hydrogen-bond donors (Lipinski definition) is 0. The minimum atomic E-state index is -0.774. The summed E-state index contributed by atoms with van der Waals surface area (Å²) in [6.45, 7) is 6.62. The summed E-state index contributed by atoms with van der Waals surface area (Å²) in [5, 5.41) is 0. The molecule has 0 aromatic carbocycles. The number of carbonyl (C=O) groups excluding carboxylic acids is 3. The van der Waals surface area contributed by atoms with Crippen LogP contribution in [-0.4, -0.2) is 37.2 Å². The van der Waals surface area contributed by atoms with E-state index in [1.165, 1.54) is 199 Å². The van der Waals surface area contributed by atoms with Crippen LogP contribution in [-0.2, 0) is 28.6 Å². The summed E-state index contributed by atoms with van der Waals surface area (Å²) in [6.07, 6.45) is 65.6. The highest BCUT2D eigenvalue weighted by molar-refractivity contribution is 5.71. The standard InChI is InChI=1S/C60H110O6/c1-4-7-10-13-16-19-22-25-27-29-30-32-33-35-38-41-44-47-50-53-59(62)65-56-57(55-64-58(61)52-49-46-43-40-37-24-21-18-15-12-9-6-3)66-60(63)54-51-48-45-42-39-36-34-31-28-26-23-20-17-14-11-8-5-2/h16,18-19,21,25,27,57H,4-15,17,20,22-24,26,28-56H2,1-3H3/b19-16-,21-18-,27-25-/t57-/m1/s1. The van der Waals surface area contributed by atoms with Crippen LogP contribution in [0, 0.1) is 0 Å². The third-order valence-corrected chi connectivity index (χ3v) is 12.9. The van der Waals surface area contributed by atoms with Crippen molar-refractivity contribution in [2.24, 2.45) is 0 Å². The lowest BCUT2D eigenvalue weighted by molar-refractivity contribution is -0.167. The van der Waals surface area contributed by atoms with Crippen LogP contribution < -0.4 is 0 Å². The number of hydrogen-bond acceptors (Lipinski definition) is 6. The van der Waals surface area contributed by atoms with Crippen molar-refractivity contribution in [1.29, 1.82) is 0 Å². The first kappa shape index (κ1) is 63.6. The second kappa shape index (κ2) is 55.2. The average molecular weight is 928 g/mol. The molecule has 0 aromatic heterocycles. The Morgan fingerprint density at radius 2 is 0.545 bits per heavy atom. The first-order valence-corrected chi connectivity index (χ1v) is 29.0. The van der Waals surface area contributed by atoms with Gasteiger partial charge in [-0.3, -0.25) is 14.4 Å². The zero-order valence-electron chi connectivity index (χ0n) is 44.2. The van der Waals surface area contributed by atoms with E-state index < -0.39 is 6.10 Å². The van der Waals surface area contributed by atoms with Gasteiger partial charge in [-0.05, 0) is 77.0 Å². The Labute approximate surface area is 410 Å². The van der Waals surface area contributed by atoms with E-state index in [2.05, 4.69) is 57.2 Å². The Morgan fingerprint density at radius 3 is 0.879 bits per heavy atom. The second-order valence-corrected chi connectivity index (χ2v) is 19.6. The molecule has 6 nitrogen and oxygen atoms in total. The molecular weight excluding hydrogens is 817 g/mol. The van der Waals surface area contributed by atoms with Gasteiger partial charge in [-0.2, -0.15) is 0 Å². The Kier molecular flexibility index (Phi) is 53.2. The number of unbranched alkanes of at least 4 members (excludes halogenated alkanes) is 36. The monoisotopic (exact) mass is 927 g/mol. The number of allylic oxidation sites excluding steroid dienone is 6. The van der Waals surface area contributed by atoms with Crippen LogP contribution in [0.2, 0.25) is 0 Å². The summed E-state index contributed by atoms with van der Waals surface area (Å²) < 4.78 is 16.9. The Bertz CT molecular complexity index is 1110. The Morgan fingerprint density at radius 1 is 0.303 bits per heavy atom. The number of carbonyl (C=O) groups is 3. The molecule has 0 amide bonds. The molecule has 0 aromatic rings. The van der Waals surface area contributed by atoms with Crippen LogP contribution in [0.3, 0.4) is 0 Å². The SMILES string of the molecule is CCCCC/C=C\C/C=C\CCCCCCCCCCCC(=O)OC[C@@H](COC(=O)CCCCCCC/C=C\CCCCC)OC(=O)CCCCCCCCCCCCCCCCCCC. The lowest BCUT2D eigenvalue weighted by Crippen LogP contribution is -2.30. The number of esters is 3. The van der Waals surface area contributed by atoms with E-state index in [-0.39, 0.29) is 31.1 Å². The van der Waals surface area contributed by atoms with E-state index in [9.17, 15) is 14.4 Å². The van der Waals surface area contributed by atoms with Crippen molar-refractivity contribution in [3.8, 4) is 0 Å². The normalized spacial score (nSPS) is 12.2. The second-order valence-electron chi connectivity index (χ2n) is 19.6. The van der Waals surface area contributed by atoms with Crippen LogP contribution >= 0.6 is 0 Å². The largest absolute Gasteiger partial charge is 0.462 e. The molecule has 0 heterocycles. The molecule has 0 aliphatic carbocycles. The van der Waals surface area contributed by atoms with Gasteiger partial charge in [-0.1, -0.05) is 250 Å². The van der Waals surface area contributed by atoms with Crippen molar-refractivity contribution in [2.45, 2.75) is 316 Å². The molecule has 0 saturated heterocycles. The van der Waals surface area contributed by atoms with Crippen LogP contribution in [0.4, 0.5) is 0 Å². The third kappa shape index (κ3) is 52.6. The summed E-state index contributed by atoms with van der Waals surface area (Å²) in [6, 6.07) is 0. The third-order valence-electron chi connectivity index (χ3n) is 12.9. The van der Waals surface area contributed by atoms with Crippen molar-refractivity contribution < 1.29 is 28.6 Å². The predicted octanol–water partition coefficient (Wildman–Crippen LogP) is 19.3. The minimum Gasteiger partial charge on any atom is -0.462 e. The van der Waals surface area contributed by atoms with Crippen LogP contribution in [0.15, 0.2) is 36.5 Å². The van der Waals surface area contributed by atoms with Gasteiger partial charge in [0.25, 0.3) is 0 Å². The molecule has 66 heavy (non-hydrogen) atoms. The molecule has 6 heteroatoms. The van der Waals surface area contributed by atoms with Crippen LogP contribution in [0.5, 0.6) is 0 Å². The van der Waals surface area contributed by atoms with Gasteiger partial charge in [0.05, 0.1) is 0 Å². The van der Waals surface area contributed by atoms with Gasteiger partial charge in [0, 0.05) is 19.3 Å². The fourth-order valence-electron chi connectivity index (χ4n) is 8.47. The molecule has 0 aliphatic rings. The lowest BCUT2D eigenvalue weighted by atomic mass is 10.0. The Hall–Kier alpha value is -2.37. The first-order chi connectivity index (χ1) is 32.5. The quantitative estimate of drug-likeness (QED) is 0.0262. The predicted molar refractivity (Wildman–Crippen MR) is 284 cm³/mol. The highest BCUT2D eigenvalue weighted by Crippen LogP contribution is 2.16. The van der Waals surface area contributed by atoms with E-state index in [1.807, 2.05) is 0 Å². The topological polar surface area (TPSA) is 78.9 Å². The van der Waals surface area contributed by atoms with Gasteiger partial charge >= 0.3 is 17.9 Å². The molecule has 1 atom stereocenters. The molecule has 0 aliphatic heterocycles. The summed E-state index contributed by atoms with van der Waals surface area (Å²) in [5.41, 5.74) is 0. The molecule has 0 bridgehead atoms. The molecule has 0 radical (unpaired) electrons. The van der Waals surface area contributed by atoms with E-state index in [0.29, 0.717) is 19.3 Å². The summed E-state index contributed by atoms with van der Waals surface area (Å²) in [7, 11) is 0. The molecule has 0 spiro atoms. The van der Waals surface area contributed by atoms with Gasteiger partial charge in [0.15, 0.2) is 6.10 Å². The molecular formula is C60H110O6. The van der Waals surface area contributed by atoms with Crippen molar-refractivity contribution in [3.63, 3.8) is 0 Å². The molecule has 0 rings (SSSR count). The highest BCUT2D eigenvalue weighted by atomic mass is 16.6. The Balaban J connectivity index is 4.32. The summed E-state index contributed by atoms with van der Waals surface area (Å²) >= 11 is 0. The van der Waals surface area contributed by atoms with Gasteiger partial charge in [0.2, 0.25) is 0 Å². The van der Waals surface area contributed by atoms with Crippen molar-refractivity contribution in [3.05, 3.63) is 36.5 Å². The molecule has 0 unspecified atom stereocenters. The fourth-order valence-corrected chi connectivity index (χ4v) is 8.47. The summed E-state index contributed by atoms with van der Waals surface area (Å²) in [4.78, 5) is 38.1. The van der Waals surface area contributed by atoms with Gasteiger partial charge < -0.3 is 14.2 Å². The van der Waals surface area contributed by atoms with Gasteiger partial charge in [0.1, 0.15) is 13.2 Å². The van der Waals surface area contributed by atoms with Crippen LogP contribution in [0.1, 0.15) is 310 Å². The van der Waals surface area contributed by atoms with E-state index in [4.69, 9.17) is 14.2 Å². The van der Waals surface area contributed by atoms with Crippen molar-refractivity contribution in [1.82, 2.24) is 0 Å². The van der Waals surface area contributed by atoms with Crippen molar-refractivity contribution >= 4 is 17.9 Å². The zero-order valence-corrected chi connectivity index (χ0v) is 44.2. The van der Waals surface area contributed by atoms with Gasteiger partial charge in [-0.15, -0.1) is 0 Å². The highest BCUT2D eigenvalue weighted by Gasteiger charge is 2.19. The molecule has 0 saturated carbocycles. The number of rotatable bonds is 53. The molecule has 386 valence electrons. The fraction of sp³-hybridized carbons (Fsp3) is 0.850. The average Bonchev–Trinajstić information content (AvgIpc) is 3.31. The van der Waals surface area contributed by atoms with Crippen LogP contribution in [0.25, 0.3) is 0 Å². The van der Waals surface area contributed by atoms with Crippen molar-refractivity contribution in [2.75, 3.05) is 13.2 Å². The first-order valence-electron chi connectivity index (χ1n) is 29.0. The number of ether oxygens (including phenoxy) is 3. The maximum Gasteiger partial charge on any atom is 0.306 e. The zero-order chi connectivity index (χ0) is 47.9. The van der Waals surface area contributed by atoms with E-state index >= 15 is 0 Å². The molecule has 0 N–H and O–H groups in total. The van der Waals surface area contributed by atoms with Gasteiger partial charge in [-0.25, -0.2) is 0 Å². The van der Waals surface area contributed by atoms with E-state index in [0.717, 1.165) is 70.6 Å². The maximum absolute atomic E-state index is 12.8. The smallest absolute Gasteiger partial charge is 0.306 e. The lowest BCUT2D eigenvalue weighted by Gasteiger charge is -2.18. The summed E-state index contributed by atoms with van der Waals surface area (Å²) in [5.74, 6) is -0.869. The minimum absolute atomic E-state index is 0.0735.